The minimum absolute atomic E-state index is 0.135. The first kappa shape index (κ1) is 23.2. The number of alkyl halides is 3. The second-order valence-electron chi connectivity index (χ2n) is 7.16. The lowest BCUT2D eigenvalue weighted by atomic mass is 10.2. The molecular formula is C23H22F3NO5. The molecule has 32 heavy (non-hydrogen) atoms. The van der Waals surface area contributed by atoms with E-state index in [1.54, 1.807) is 12.0 Å². The van der Waals surface area contributed by atoms with Crippen LogP contribution < -0.4 is 9.47 Å². The summed E-state index contributed by atoms with van der Waals surface area (Å²) in [4.78, 5) is 26.2. The molecule has 0 N–H and O–H groups in total. The maximum absolute atomic E-state index is 12.6. The van der Waals surface area contributed by atoms with Crippen LogP contribution in [0.25, 0.3) is 6.08 Å². The molecule has 1 amide bonds. The second-order valence-corrected chi connectivity index (χ2v) is 7.16. The first-order valence-corrected chi connectivity index (χ1v) is 9.86. The normalized spacial score (nSPS) is 13.6. The highest BCUT2D eigenvalue weighted by molar-refractivity contribution is 5.89. The summed E-state index contributed by atoms with van der Waals surface area (Å²) in [6.45, 7) is 0.0153. The van der Waals surface area contributed by atoms with Gasteiger partial charge in [-0.25, -0.2) is 4.79 Å². The number of carbonyl (C=O) groups excluding carboxylic acids is 2. The Bertz CT molecular complexity index is 951. The quantitative estimate of drug-likeness (QED) is 0.421. The lowest BCUT2D eigenvalue weighted by Crippen LogP contribution is -2.35. The number of carbonyl (C=O) groups is 2. The van der Waals surface area contributed by atoms with Crippen molar-refractivity contribution in [3.63, 3.8) is 0 Å². The van der Waals surface area contributed by atoms with Crippen LogP contribution in [0.5, 0.6) is 11.5 Å². The Kier molecular flexibility index (Phi) is 7.40. The molecule has 170 valence electrons. The van der Waals surface area contributed by atoms with Crippen LogP contribution in [-0.2, 0) is 20.9 Å². The van der Waals surface area contributed by atoms with Crippen LogP contribution in [0.1, 0.15) is 24.0 Å². The summed E-state index contributed by atoms with van der Waals surface area (Å²) in [5, 5.41) is 0. The molecule has 0 bridgehead atoms. The van der Waals surface area contributed by atoms with E-state index in [1.807, 2.05) is 24.3 Å². The molecule has 3 rings (SSSR count). The molecule has 1 aliphatic carbocycles. The van der Waals surface area contributed by atoms with Gasteiger partial charge in [0.05, 0.1) is 7.11 Å². The topological polar surface area (TPSA) is 65.1 Å². The Morgan fingerprint density at radius 2 is 1.66 bits per heavy atom. The SMILES string of the molecule is COc1ccc(CN(C(=O)COC(=O)/C=C/c2ccc(OC(F)(F)F)cc2)C2CC2)cc1. The third-order valence-corrected chi connectivity index (χ3v) is 4.68. The van der Waals surface area contributed by atoms with Crippen LogP contribution in [0.15, 0.2) is 54.6 Å². The van der Waals surface area contributed by atoms with Crippen LogP contribution in [0, 0.1) is 0 Å². The largest absolute Gasteiger partial charge is 0.573 e. The molecule has 0 unspecified atom stereocenters. The molecule has 9 heteroatoms. The Morgan fingerprint density at radius 1 is 1.03 bits per heavy atom. The van der Waals surface area contributed by atoms with Crippen LogP contribution in [0.4, 0.5) is 13.2 Å². The average Bonchev–Trinajstić information content (AvgIpc) is 3.60. The van der Waals surface area contributed by atoms with Crippen molar-refractivity contribution in [3.05, 3.63) is 65.7 Å². The van der Waals surface area contributed by atoms with Gasteiger partial charge in [-0.1, -0.05) is 24.3 Å². The first-order valence-electron chi connectivity index (χ1n) is 9.86. The molecule has 0 saturated heterocycles. The number of amides is 1. The molecule has 0 aromatic heterocycles. The Balaban J connectivity index is 1.49. The number of hydrogen-bond donors (Lipinski definition) is 0. The van der Waals surface area contributed by atoms with Crippen molar-refractivity contribution in [2.45, 2.75) is 31.8 Å². The molecule has 0 spiro atoms. The lowest BCUT2D eigenvalue weighted by Gasteiger charge is -2.22. The molecule has 2 aromatic carbocycles. The maximum atomic E-state index is 12.6. The molecule has 2 aromatic rings. The van der Waals surface area contributed by atoms with Gasteiger partial charge >= 0.3 is 12.3 Å². The van der Waals surface area contributed by atoms with Gasteiger partial charge in [-0.05, 0) is 54.3 Å². The summed E-state index contributed by atoms with van der Waals surface area (Å²) in [7, 11) is 1.58. The highest BCUT2D eigenvalue weighted by Gasteiger charge is 2.33. The summed E-state index contributed by atoms with van der Waals surface area (Å²) in [6, 6.07) is 12.5. The van der Waals surface area contributed by atoms with Gasteiger partial charge in [0.15, 0.2) is 6.61 Å². The zero-order chi connectivity index (χ0) is 23.1. The third-order valence-electron chi connectivity index (χ3n) is 4.68. The zero-order valence-electron chi connectivity index (χ0n) is 17.3. The van der Waals surface area contributed by atoms with Crippen molar-refractivity contribution < 1.29 is 37.0 Å². The summed E-state index contributed by atoms with van der Waals surface area (Å²) in [6.07, 6.45) is -0.471. The zero-order valence-corrected chi connectivity index (χ0v) is 17.3. The Morgan fingerprint density at radius 3 is 2.22 bits per heavy atom. The minimum atomic E-state index is -4.77. The summed E-state index contributed by atoms with van der Waals surface area (Å²) >= 11 is 0. The van der Waals surface area contributed by atoms with Crippen molar-refractivity contribution >= 4 is 18.0 Å². The van der Waals surface area contributed by atoms with Crippen LogP contribution in [-0.4, -0.2) is 42.9 Å². The third kappa shape index (κ3) is 7.33. The molecule has 0 aliphatic heterocycles. The van der Waals surface area contributed by atoms with E-state index in [4.69, 9.17) is 9.47 Å². The number of ether oxygens (including phenoxy) is 3. The Hall–Kier alpha value is -3.49. The van der Waals surface area contributed by atoms with Gasteiger partial charge in [-0.2, -0.15) is 0 Å². The summed E-state index contributed by atoms with van der Waals surface area (Å²) < 4.78 is 50.5. The van der Waals surface area contributed by atoms with Gasteiger partial charge < -0.3 is 19.1 Å². The van der Waals surface area contributed by atoms with Crippen molar-refractivity contribution in [2.24, 2.45) is 0 Å². The molecule has 1 fully saturated rings. The Labute approximate surface area is 183 Å². The highest BCUT2D eigenvalue weighted by atomic mass is 19.4. The van der Waals surface area contributed by atoms with E-state index >= 15 is 0 Å². The highest BCUT2D eigenvalue weighted by Crippen LogP contribution is 2.29. The van der Waals surface area contributed by atoms with E-state index in [2.05, 4.69) is 4.74 Å². The maximum Gasteiger partial charge on any atom is 0.573 e. The van der Waals surface area contributed by atoms with E-state index < -0.39 is 18.9 Å². The van der Waals surface area contributed by atoms with E-state index in [-0.39, 0.29) is 17.7 Å². The number of halogens is 3. The number of hydrogen-bond acceptors (Lipinski definition) is 5. The standard InChI is InChI=1S/C23H22F3NO5/c1-30-19-9-4-17(5-10-19)14-27(18-7-8-18)21(28)15-31-22(29)13-6-16-2-11-20(12-3-16)32-23(24,25)26/h2-6,9-13,18H,7-8,14-15H2,1H3/b13-6+. The fraction of sp³-hybridized carbons (Fsp3) is 0.304. The van der Waals surface area contributed by atoms with Crippen molar-refractivity contribution in [2.75, 3.05) is 13.7 Å². The lowest BCUT2D eigenvalue weighted by molar-refractivity contribution is -0.274. The summed E-state index contributed by atoms with van der Waals surface area (Å²) in [5.74, 6) is -0.658. The van der Waals surface area contributed by atoms with Crippen LogP contribution in [0.3, 0.4) is 0 Å². The van der Waals surface area contributed by atoms with E-state index in [0.717, 1.165) is 42.4 Å². The smallest absolute Gasteiger partial charge is 0.497 e. The molecule has 6 nitrogen and oxygen atoms in total. The number of nitrogens with zero attached hydrogens (tertiary/aromatic N) is 1. The number of esters is 1. The monoisotopic (exact) mass is 449 g/mol. The van der Waals surface area contributed by atoms with Crippen LogP contribution >= 0.6 is 0 Å². The summed E-state index contributed by atoms with van der Waals surface area (Å²) in [5.41, 5.74) is 1.41. The molecule has 0 radical (unpaired) electrons. The van der Waals surface area contributed by atoms with Gasteiger partial charge in [0, 0.05) is 18.7 Å². The van der Waals surface area contributed by atoms with Crippen LogP contribution in [0.2, 0.25) is 0 Å². The number of benzene rings is 2. The number of rotatable bonds is 9. The van der Waals surface area contributed by atoms with Gasteiger partial charge in [0.1, 0.15) is 11.5 Å². The van der Waals surface area contributed by atoms with Gasteiger partial charge in [0.25, 0.3) is 5.91 Å². The predicted octanol–water partition coefficient (Wildman–Crippen LogP) is 4.34. The van der Waals surface area contributed by atoms with Gasteiger partial charge in [0.2, 0.25) is 0 Å². The number of methoxy groups -OCH3 is 1. The van der Waals surface area contributed by atoms with Crippen molar-refractivity contribution in [1.29, 1.82) is 0 Å². The molecule has 0 heterocycles. The fourth-order valence-corrected chi connectivity index (χ4v) is 2.94. The van der Waals surface area contributed by atoms with E-state index in [1.165, 1.54) is 18.2 Å². The van der Waals surface area contributed by atoms with E-state index in [0.29, 0.717) is 12.1 Å². The van der Waals surface area contributed by atoms with Crippen molar-refractivity contribution in [3.8, 4) is 11.5 Å². The minimum Gasteiger partial charge on any atom is -0.497 e. The molecule has 0 atom stereocenters. The second kappa shape index (κ2) is 10.2. The molecular weight excluding hydrogens is 427 g/mol. The predicted molar refractivity (Wildman–Crippen MR) is 110 cm³/mol. The average molecular weight is 449 g/mol. The fourth-order valence-electron chi connectivity index (χ4n) is 2.94. The first-order chi connectivity index (χ1) is 15.2. The molecule has 1 aliphatic rings. The van der Waals surface area contributed by atoms with Gasteiger partial charge in [-0.3, -0.25) is 4.79 Å². The van der Waals surface area contributed by atoms with E-state index in [9.17, 15) is 22.8 Å². The molecule has 1 saturated carbocycles. The van der Waals surface area contributed by atoms with Crippen molar-refractivity contribution in [1.82, 2.24) is 4.90 Å². The van der Waals surface area contributed by atoms with Gasteiger partial charge in [-0.15, -0.1) is 13.2 Å².